The average molecular weight is 437 g/mol. The third kappa shape index (κ3) is 5.65. The molecule has 1 heterocycles. The van der Waals surface area contributed by atoms with Crippen molar-refractivity contribution in [1.82, 2.24) is 4.31 Å². The van der Waals surface area contributed by atoms with Gasteiger partial charge in [-0.2, -0.15) is 4.31 Å². The van der Waals surface area contributed by atoms with E-state index in [9.17, 15) is 17.6 Å². The largest absolute Gasteiger partial charge is 0.321 e. The Labute approximate surface area is 175 Å². The maximum Gasteiger partial charge on any atom is 0.248 e. The van der Waals surface area contributed by atoms with Gasteiger partial charge in [-0.1, -0.05) is 36.6 Å². The highest BCUT2D eigenvalue weighted by molar-refractivity contribution is 7.89. The van der Waals surface area contributed by atoms with Gasteiger partial charge in [0, 0.05) is 19.2 Å². The summed E-state index contributed by atoms with van der Waals surface area (Å²) >= 11 is 5.89. The van der Waals surface area contributed by atoms with Crippen molar-refractivity contribution < 1.29 is 17.6 Å². The van der Waals surface area contributed by atoms with Gasteiger partial charge in [0.25, 0.3) is 0 Å². The number of halogens is 2. The summed E-state index contributed by atoms with van der Waals surface area (Å²) < 4.78 is 40.2. The third-order valence-corrected chi connectivity index (χ3v) is 6.92. The molecule has 2 aromatic rings. The number of nitrogens with zero attached hydrogens (tertiary/aromatic N) is 1. The second-order valence-corrected chi connectivity index (χ2v) is 9.18. The van der Waals surface area contributed by atoms with Gasteiger partial charge in [0.15, 0.2) is 0 Å². The molecule has 1 aliphatic rings. The Morgan fingerprint density at radius 3 is 2.31 bits per heavy atom. The Kier molecular flexibility index (Phi) is 7.05. The van der Waals surface area contributed by atoms with Gasteiger partial charge in [-0.15, -0.1) is 0 Å². The van der Waals surface area contributed by atoms with Gasteiger partial charge in [-0.05, 0) is 54.8 Å². The van der Waals surface area contributed by atoms with E-state index in [-0.39, 0.29) is 9.92 Å². The van der Waals surface area contributed by atoms with Crippen molar-refractivity contribution in [2.75, 3.05) is 18.4 Å². The fourth-order valence-corrected chi connectivity index (χ4v) is 4.85. The first-order chi connectivity index (χ1) is 13.9. The Morgan fingerprint density at radius 2 is 1.69 bits per heavy atom. The molecule has 0 aromatic heterocycles. The van der Waals surface area contributed by atoms with Gasteiger partial charge >= 0.3 is 0 Å². The van der Waals surface area contributed by atoms with Crippen molar-refractivity contribution in [2.45, 2.75) is 30.6 Å². The summed E-state index contributed by atoms with van der Waals surface area (Å²) in [4.78, 5) is 12.3. The van der Waals surface area contributed by atoms with Crippen LogP contribution in [0.3, 0.4) is 0 Å². The van der Waals surface area contributed by atoms with Crippen molar-refractivity contribution in [3.8, 4) is 0 Å². The molecule has 0 radical (unpaired) electrons. The molecule has 2 aromatic carbocycles. The zero-order valence-corrected chi connectivity index (χ0v) is 17.3. The van der Waals surface area contributed by atoms with Crippen molar-refractivity contribution in [3.63, 3.8) is 0 Å². The number of anilines is 1. The molecule has 5 nitrogen and oxygen atoms in total. The van der Waals surface area contributed by atoms with Crippen molar-refractivity contribution in [2.24, 2.45) is 0 Å². The Morgan fingerprint density at radius 1 is 1.03 bits per heavy atom. The number of amides is 1. The molecule has 1 amide bonds. The lowest BCUT2D eigenvalue weighted by molar-refractivity contribution is -0.111. The Balaban J connectivity index is 1.65. The molecule has 8 heteroatoms. The van der Waals surface area contributed by atoms with Crippen LogP contribution in [0, 0.1) is 5.82 Å². The Bertz CT molecular complexity index is 999. The van der Waals surface area contributed by atoms with Crippen LogP contribution in [0.25, 0.3) is 6.08 Å². The minimum atomic E-state index is -3.50. The van der Waals surface area contributed by atoms with Crippen LogP contribution in [0.15, 0.2) is 53.4 Å². The summed E-state index contributed by atoms with van der Waals surface area (Å²) in [5.74, 6) is -0.918. The standard InChI is InChI=1S/C21H22ClFN2O3S/c22-19-15-17(23)8-11-20(19)24-21(26)12-7-16-5-9-18(10-6-16)29(27,28)25-13-3-1-2-4-14-25/h5-12,15H,1-4,13-14H2,(H,24,26)/b12-7+. The van der Waals surface area contributed by atoms with Gasteiger partial charge in [-0.25, -0.2) is 12.8 Å². The maximum atomic E-state index is 13.1. The number of hydrogen-bond donors (Lipinski definition) is 1. The van der Waals surface area contributed by atoms with E-state index < -0.39 is 21.7 Å². The van der Waals surface area contributed by atoms with E-state index in [1.54, 1.807) is 34.6 Å². The number of rotatable bonds is 5. The van der Waals surface area contributed by atoms with Crippen LogP contribution in [0.5, 0.6) is 0 Å². The SMILES string of the molecule is O=C(/C=C/c1ccc(S(=O)(=O)N2CCCCCC2)cc1)Nc1ccc(F)cc1Cl. The van der Waals surface area contributed by atoms with E-state index in [0.717, 1.165) is 31.7 Å². The summed E-state index contributed by atoms with van der Waals surface area (Å²) in [7, 11) is -3.50. The summed E-state index contributed by atoms with van der Waals surface area (Å²) in [6.07, 6.45) is 6.75. The van der Waals surface area contributed by atoms with Gasteiger partial charge in [0.05, 0.1) is 15.6 Å². The van der Waals surface area contributed by atoms with Crippen LogP contribution in [0.2, 0.25) is 5.02 Å². The first-order valence-corrected chi connectivity index (χ1v) is 11.2. The minimum absolute atomic E-state index is 0.106. The average Bonchev–Trinajstić information content (AvgIpc) is 2.99. The smallest absolute Gasteiger partial charge is 0.248 e. The highest BCUT2D eigenvalue weighted by atomic mass is 35.5. The van der Waals surface area contributed by atoms with Crippen molar-refractivity contribution in [3.05, 3.63) is 64.9 Å². The van der Waals surface area contributed by atoms with E-state index in [1.807, 2.05) is 0 Å². The molecular formula is C21H22ClFN2O3S. The van der Waals surface area contributed by atoms with Crippen LogP contribution < -0.4 is 5.32 Å². The van der Waals surface area contributed by atoms with Gasteiger partial charge in [0.2, 0.25) is 15.9 Å². The molecule has 0 bridgehead atoms. The quantitative estimate of drug-likeness (QED) is 0.691. The molecule has 0 saturated carbocycles. The van der Waals surface area contributed by atoms with Crippen LogP contribution in [0.1, 0.15) is 31.2 Å². The van der Waals surface area contributed by atoms with Gasteiger partial charge in [-0.3, -0.25) is 4.79 Å². The lowest BCUT2D eigenvalue weighted by Crippen LogP contribution is -2.31. The number of carbonyl (C=O) groups excluding carboxylic acids is 1. The molecule has 1 N–H and O–H groups in total. The second-order valence-electron chi connectivity index (χ2n) is 6.83. The monoisotopic (exact) mass is 436 g/mol. The zero-order chi connectivity index (χ0) is 20.9. The molecule has 0 atom stereocenters. The fourth-order valence-electron chi connectivity index (χ4n) is 3.12. The molecule has 1 aliphatic heterocycles. The van der Waals surface area contributed by atoms with Crippen LogP contribution in [-0.4, -0.2) is 31.7 Å². The van der Waals surface area contributed by atoms with Crippen LogP contribution in [0.4, 0.5) is 10.1 Å². The molecule has 0 aliphatic carbocycles. The molecule has 154 valence electrons. The molecule has 0 spiro atoms. The second kappa shape index (κ2) is 9.52. The molecule has 1 fully saturated rings. The van der Waals surface area contributed by atoms with E-state index in [0.29, 0.717) is 24.3 Å². The normalized spacial score (nSPS) is 15.9. The number of sulfonamides is 1. The first-order valence-electron chi connectivity index (χ1n) is 9.40. The number of hydrogen-bond acceptors (Lipinski definition) is 3. The lowest BCUT2D eigenvalue weighted by atomic mass is 10.2. The van der Waals surface area contributed by atoms with Gasteiger partial charge < -0.3 is 5.32 Å². The highest BCUT2D eigenvalue weighted by Gasteiger charge is 2.24. The maximum absolute atomic E-state index is 13.1. The summed E-state index contributed by atoms with van der Waals surface area (Å²) in [6, 6.07) is 10.1. The number of nitrogens with one attached hydrogen (secondary N) is 1. The predicted molar refractivity (Wildman–Crippen MR) is 113 cm³/mol. The predicted octanol–water partition coefficient (Wildman–Crippen LogP) is 4.70. The van der Waals surface area contributed by atoms with E-state index in [2.05, 4.69) is 5.32 Å². The summed E-state index contributed by atoms with van der Waals surface area (Å²) in [5.41, 5.74) is 0.988. The Hall–Kier alpha value is -2.22. The first kappa shape index (κ1) is 21.5. The van der Waals surface area contributed by atoms with Crippen molar-refractivity contribution in [1.29, 1.82) is 0 Å². The lowest BCUT2D eigenvalue weighted by Gasteiger charge is -2.19. The molecule has 29 heavy (non-hydrogen) atoms. The highest BCUT2D eigenvalue weighted by Crippen LogP contribution is 2.23. The fraction of sp³-hybridized carbons (Fsp3) is 0.286. The van der Waals surface area contributed by atoms with E-state index in [1.165, 1.54) is 18.2 Å². The third-order valence-electron chi connectivity index (χ3n) is 4.70. The van der Waals surface area contributed by atoms with E-state index >= 15 is 0 Å². The topological polar surface area (TPSA) is 66.5 Å². The summed E-state index contributed by atoms with van der Waals surface area (Å²) in [5, 5.41) is 2.67. The van der Waals surface area contributed by atoms with Crippen LogP contribution in [-0.2, 0) is 14.8 Å². The summed E-state index contributed by atoms with van der Waals surface area (Å²) in [6.45, 7) is 1.10. The van der Waals surface area contributed by atoms with Crippen LogP contribution >= 0.6 is 11.6 Å². The zero-order valence-electron chi connectivity index (χ0n) is 15.8. The van der Waals surface area contributed by atoms with E-state index in [4.69, 9.17) is 11.6 Å². The molecule has 0 unspecified atom stereocenters. The molecular weight excluding hydrogens is 415 g/mol. The minimum Gasteiger partial charge on any atom is -0.321 e. The number of benzene rings is 2. The van der Waals surface area contributed by atoms with Crippen molar-refractivity contribution >= 4 is 39.3 Å². The molecule has 3 rings (SSSR count). The molecule has 1 saturated heterocycles. The van der Waals surface area contributed by atoms with Gasteiger partial charge in [0.1, 0.15) is 5.82 Å². The number of carbonyl (C=O) groups is 1.